The van der Waals surface area contributed by atoms with Gasteiger partial charge in [0.1, 0.15) is 0 Å². The summed E-state index contributed by atoms with van der Waals surface area (Å²) >= 11 is 3.59. The summed E-state index contributed by atoms with van der Waals surface area (Å²) in [7, 11) is 0. The molecular weight excluding hydrogens is 142 g/mol. The van der Waals surface area contributed by atoms with Crippen LogP contribution in [0.3, 0.4) is 0 Å². The summed E-state index contributed by atoms with van der Waals surface area (Å²) in [6.45, 7) is 0. The second-order valence-corrected chi connectivity index (χ2v) is 0.990. The second kappa shape index (κ2) is 3.74. The van der Waals surface area contributed by atoms with Crippen molar-refractivity contribution >= 4 is 17.9 Å². The molecule has 6 heteroatoms. The Bertz CT molecular complexity index is 26.3. The molecule has 0 aliphatic rings. The Morgan fingerprint density at radius 1 is 1.17 bits per heavy atom. The zero-order valence-electron chi connectivity index (χ0n) is 3.09. The fraction of sp³-hybridized carbons (Fsp3) is 0. The molecule has 0 fully saturated rings. The van der Waals surface area contributed by atoms with E-state index < -0.39 is 6.39 Å². The van der Waals surface area contributed by atoms with Gasteiger partial charge >= 0.3 is 57.8 Å². The number of hydrogen-bond donors (Lipinski definition) is 0. The molecule has 0 amide bonds. The first-order chi connectivity index (χ1) is 2.00. The van der Waals surface area contributed by atoms with Crippen LogP contribution in [0, 0.1) is 0 Å². The molecule has 0 aromatic rings. The van der Waals surface area contributed by atoms with E-state index in [0.717, 1.165) is 0 Å². The third-order valence-corrected chi connectivity index (χ3v) is 0. The van der Waals surface area contributed by atoms with Gasteiger partial charge in [0.25, 0.3) is 0 Å². The molecule has 0 bridgehead atoms. The molecule has 0 radical (unpaired) electrons. The van der Waals surface area contributed by atoms with Crippen LogP contribution in [0.5, 0.6) is 0 Å². The maximum Gasteiger partial charge on any atom is 1.00 e. The van der Waals surface area contributed by atoms with Crippen molar-refractivity contribution in [2.24, 2.45) is 0 Å². The van der Waals surface area contributed by atoms with Crippen molar-refractivity contribution in [3.63, 3.8) is 0 Å². The molecule has 0 saturated heterocycles. The number of halogens is 4. The molecule has 6 heavy (non-hydrogen) atoms. The van der Waals surface area contributed by atoms with Crippen molar-refractivity contribution in [2.45, 2.75) is 0 Å². The zero-order valence-corrected chi connectivity index (χ0v) is 6.97. The van der Waals surface area contributed by atoms with Crippen molar-refractivity contribution in [1.29, 1.82) is 0 Å². The zero-order chi connectivity index (χ0) is 4.50. The first-order valence-corrected chi connectivity index (χ1v) is 1.31. The Balaban J connectivity index is 0. The summed E-state index contributed by atoms with van der Waals surface area (Å²) in [6, 6.07) is 0. The Morgan fingerprint density at radius 3 is 1.17 bits per heavy atom. The van der Waals surface area contributed by atoms with E-state index in [-0.39, 0.29) is 51.4 Å². The smallest absolute Gasteiger partial charge is 0.435 e. The van der Waals surface area contributed by atoms with Crippen molar-refractivity contribution in [1.82, 2.24) is 0 Å². The standard InChI is InChI=1S/BClF3.K/c2-1(3,4)5;/q-1;+1. The van der Waals surface area contributed by atoms with Crippen molar-refractivity contribution in [3.8, 4) is 0 Å². The van der Waals surface area contributed by atoms with Crippen molar-refractivity contribution in [3.05, 3.63) is 0 Å². The van der Waals surface area contributed by atoms with Gasteiger partial charge in [-0.25, -0.2) is 0 Å². The Hall–Kier alpha value is 1.78. The maximum absolute atomic E-state index is 10.2. The monoisotopic (exact) mass is 142 g/mol. The van der Waals surface area contributed by atoms with Gasteiger partial charge in [-0.05, 0) is 0 Å². The van der Waals surface area contributed by atoms with Crippen LogP contribution in [0.2, 0.25) is 0 Å². The molecule has 0 aliphatic heterocycles. The first-order valence-electron chi connectivity index (χ1n) is 0.873. The molecular formula is BClF3K. The van der Waals surface area contributed by atoms with Crippen LogP contribution in [0.4, 0.5) is 12.9 Å². The molecule has 0 aromatic heterocycles. The van der Waals surface area contributed by atoms with E-state index in [1.807, 2.05) is 0 Å². The third-order valence-electron chi connectivity index (χ3n) is 0. The first kappa shape index (κ1) is 10.7. The predicted octanol–water partition coefficient (Wildman–Crippen LogP) is -1.43. The summed E-state index contributed by atoms with van der Waals surface area (Å²) in [4.78, 5) is 0. The quantitative estimate of drug-likeness (QED) is 0.364. The van der Waals surface area contributed by atoms with Crippen LogP contribution in [0.25, 0.3) is 0 Å². The van der Waals surface area contributed by atoms with Gasteiger partial charge in [0.15, 0.2) is 0 Å². The van der Waals surface area contributed by atoms with E-state index >= 15 is 0 Å². The molecule has 0 aromatic carbocycles. The molecule has 0 atom stereocenters. The summed E-state index contributed by atoms with van der Waals surface area (Å²) < 4.78 is 30.5. The molecule has 32 valence electrons. The topological polar surface area (TPSA) is 0 Å². The van der Waals surface area contributed by atoms with Gasteiger partial charge in [0.05, 0.1) is 0 Å². The van der Waals surface area contributed by atoms with Crippen LogP contribution in [0.15, 0.2) is 0 Å². The molecule has 0 nitrogen and oxygen atoms in total. The van der Waals surface area contributed by atoms with E-state index in [2.05, 4.69) is 11.5 Å². The van der Waals surface area contributed by atoms with Gasteiger partial charge in [-0.1, -0.05) is 0 Å². The average molecular weight is 142 g/mol. The van der Waals surface area contributed by atoms with E-state index in [4.69, 9.17) is 0 Å². The van der Waals surface area contributed by atoms with E-state index in [9.17, 15) is 12.9 Å². The molecule has 0 rings (SSSR count). The minimum absolute atomic E-state index is 0. The van der Waals surface area contributed by atoms with E-state index in [1.54, 1.807) is 0 Å². The van der Waals surface area contributed by atoms with Crippen molar-refractivity contribution in [2.75, 3.05) is 0 Å². The Morgan fingerprint density at radius 2 is 1.17 bits per heavy atom. The van der Waals surface area contributed by atoms with Gasteiger partial charge in [-0.15, -0.1) is 0 Å². The summed E-state index contributed by atoms with van der Waals surface area (Å²) in [5.74, 6) is 0. The molecule has 0 aliphatic carbocycles. The fourth-order valence-corrected chi connectivity index (χ4v) is 0. The van der Waals surface area contributed by atoms with Crippen LogP contribution >= 0.6 is 11.5 Å². The Kier molecular flexibility index (Phi) is 6.68. The summed E-state index contributed by atoms with van der Waals surface area (Å²) in [5.41, 5.74) is 0. The normalized spacial score (nSPS) is 10.0. The van der Waals surface area contributed by atoms with Gasteiger partial charge in [-0.2, -0.15) is 0 Å². The Labute approximate surface area is 80.8 Å². The van der Waals surface area contributed by atoms with Crippen molar-refractivity contribution < 1.29 is 64.3 Å². The summed E-state index contributed by atoms with van der Waals surface area (Å²) in [6.07, 6.45) is -5.03. The molecule has 0 unspecified atom stereocenters. The van der Waals surface area contributed by atoms with Gasteiger partial charge in [0.2, 0.25) is 0 Å². The molecule has 0 heterocycles. The fourth-order valence-electron chi connectivity index (χ4n) is 0. The van der Waals surface area contributed by atoms with E-state index in [1.165, 1.54) is 0 Å². The predicted molar refractivity (Wildman–Crippen MR) is 14.9 cm³/mol. The number of rotatable bonds is 0. The van der Waals surface area contributed by atoms with Crippen LogP contribution in [0.1, 0.15) is 0 Å². The van der Waals surface area contributed by atoms with Crippen LogP contribution in [-0.2, 0) is 0 Å². The van der Waals surface area contributed by atoms with Gasteiger partial charge in [0, 0.05) is 0 Å². The van der Waals surface area contributed by atoms with Gasteiger partial charge < -0.3 is 12.9 Å². The number of hydrogen-bond acceptors (Lipinski definition) is 0. The third kappa shape index (κ3) is 41.7. The molecule has 0 N–H and O–H groups in total. The second-order valence-electron chi connectivity index (χ2n) is 0.495. The van der Waals surface area contributed by atoms with E-state index in [0.29, 0.717) is 0 Å². The maximum atomic E-state index is 10.2. The molecule has 0 saturated carbocycles. The minimum Gasteiger partial charge on any atom is -0.435 e. The average Bonchev–Trinajstić information content (AvgIpc) is 0.722. The van der Waals surface area contributed by atoms with Crippen LogP contribution in [-0.4, -0.2) is 6.39 Å². The van der Waals surface area contributed by atoms with Gasteiger partial charge in [-0.3, -0.25) is 11.5 Å². The minimum atomic E-state index is -5.03. The van der Waals surface area contributed by atoms with Crippen LogP contribution < -0.4 is 51.4 Å². The molecule has 0 spiro atoms. The SMILES string of the molecule is F[B-](F)(F)Cl.[K+]. The largest absolute Gasteiger partial charge is 1.00 e. The summed E-state index contributed by atoms with van der Waals surface area (Å²) in [5, 5.41) is 0.